The molecule has 144 valence electrons. The SMILES string of the molecule is Fc1ccc(-c2cncc(CN3CCc4nc(-c5ccco5)ncc4C3)c2)cc1. The van der Waals surface area contributed by atoms with Crippen molar-refractivity contribution in [1.29, 1.82) is 0 Å². The first-order valence-corrected chi connectivity index (χ1v) is 9.55. The minimum atomic E-state index is -0.234. The van der Waals surface area contributed by atoms with Crippen molar-refractivity contribution in [3.8, 4) is 22.7 Å². The molecule has 3 aromatic heterocycles. The van der Waals surface area contributed by atoms with Crippen molar-refractivity contribution < 1.29 is 8.81 Å². The third-order valence-corrected chi connectivity index (χ3v) is 5.13. The number of furan rings is 1. The summed E-state index contributed by atoms with van der Waals surface area (Å²) in [5.41, 5.74) is 5.31. The second-order valence-corrected chi connectivity index (χ2v) is 7.19. The average molecular weight is 386 g/mol. The third kappa shape index (κ3) is 3.79. The zero-order chi connectivity index (χ0) is 19.6. The van der Waals surface area contributed by atoms with Crippen LogP contribution < -0.4 is 0 Å². The summed E-state index contributed by atoms with van der Waals surface area (Å²) in [6, 6.07) is 12.3. The largest absolute Gasteiger partial charge is 0.461 e. The normalized spacial score (nSPS) is 14.0. The molecule has 5 nitrogen and oxygen atoms in total. The molecule has 4 heterocycles. The van der Waals surface area contributed by atoms with Gasteiger partial charge < -0.3 is 4.42 Å². The molecule has 5 rings (SSSR count). The van der Waals surface area contributed by atoms with Gasteiger partial charge in [0, 0.05) is 55.8 Å². The number of aromatic nitrogens is 3. The molecule has 0 saturated carbocycles. The van der Waals surface area contributed by atoms with Crippen LogP contribution in [0.15, 0.2) is 71.7 Å². The van der Waals surface area contributed by atoms with Gasteiger partial charge in [-0.3, -0.25) is 9.88 Å². The number of halogens is 1. The molecule has 0 radical (unpaired) electrons. The summed E-state index contributed by atoms with van der Waals surface area (Å²) >= 11 is 0. The van der Waals surface area contributed by atoms with Crippen LogP contribution in [0.1, 0.15) is 16.8 Å². The first kappa shape index (κ1) is 17.7. The molecule has 0 saturated heterocycles. The Morgan fingerprint density at radius 2 is 1.93 bits per heavy atom. The number of benzene rings is 1. The highest BCUT2D eigenvalue weighted by Crippen LogP contribution is 2.24. The Morgan fingerprint density at radius 1 is 1.03 bits per heavy atom. The number of nitrogens with zero attached hydrogens (tertiary/aromatic N) is 4. The number of hydrogen-bond acceptors (Lipinski definition) is 5. The molecule has 0 N–H and O–H groups in total. The molecule has 0 amide bonds. The smallest absolute Gasteiger partial charge is 0.195 e. The second kappa shape index (κ2) is 7.56. The molecule has 0 unspecified atom stereocenters. The van der Waals surface area contributed by atoms with Crippen molar-refractivity contribution in [2.75, 3.05) is 6.54 Å². The number of hydrogen-bond donors (Lipinski definition) is 0. The van der Waals surface area contributed by atoms with E-state index in [9.17, 15) is 4.39 Å². The molecular formula is C23H19FN4O. The van der Waals surface area contributed by atoms with Crippen molar-refractivity contribution in [1.82, 2.24) is 19.9 Å². The van der Waals surface area contributed by atoms with Gasteiger partial charge in [0.25, 0.3) is 0 Å². The lowest BCUT2D eigenvalue weighted by atomic mass is 10.0. The summed E-state index contributed by atoms with van der Waals surface area (Å²) in [6.07, 6.45) is 8.11. The molecule has 4 aromatic rings. The summed E-state index contributed by atoms with van der Waals surface area (Å²) in [7, 11) is 0. The van der Waals surface area contributed by atoms with Crippen molar-refractivity contribution >= 4 is 0 Å². The van der Waals surface area contributed by atoms with E-state index >= 15 is 0 Å². The maximum atomic E-state index is 13.2. The lowest BCUT2D eigenvalue weighted by Crippen LogP contribution is -2.31. The quantitative estimate of drug-likeness (QED) is 0.517. The van der Waals surface area contributed by atoms with Gasteiger partial charge in [-0.15, -0.1) is 0 Å². The summed E-state index contributed by atoms with van der Waals surface area (Å²) < 4.78 is 18.6. The first-order valence-electron chi connectivity index (χ1n) is 9.55. The van der Waals surface area contributed by atoms with Crippen LogP contribution in [0.25, 0.3) is 22.7 Å². The Balaban J connectivity index is 1.31. The van der Waals surface area contributed by atoms with Crippen LogP contribution in [-0.2, 0) is 19.5 Å². The van der Waals surface area contributed by atoms with Crippen LogP contribution in [0.5, 0.6) is 0 Å². The van der Waals surface area contributed by atoms with Crippen LogP contribution in [0, 0.1) is 5.82 Å². The van der Waals surface area contributed by atoms with Gasteiger partial charge in [-0.05, 0) is 41.5 Å². The van der Waals surface area contributed by atoms with Gasteiger partial charge >= 0.3 is 0 Å². The van der Waals surface area contributed by atoms with Crippen LogP contribution >= 0.6 is 0 Å². The van der Waals surface area contributed by atoms with Gasteiger partial charge in [-0.25, -0.2) is 14.4 Å². The van der Waals surface area contributed by atoms with Gasteiger partial charge in [0.2, 0.25) is 0 Å². The molecule has 1 aliphatic heterocycles. The van der Waals surface area contributed by atoms with E-state index in [1.165, 1.54) is 12.1 Å². The predicted octanol–water partition coefficient (Wildman–Crippen LogP) is 4.50. The second-order valence-electron chi connectivity index (χ2n) is 7.19. The van der Waals surface area contributed by atoms with E-state index < -0.39 is 0 Å². The summed E-state index contributed by atoms with van der Waals surface area (Å²) in [5, 5.41) is 0. The van der Waals surface area contributed by atoms with Gasteiger partial charge in [0.15, 0.2) is 11.6 Å². The Morgan fingerprint density at radius 3 is 2.76 bits per heavy atom. The predicted molar refractivity (Wildman–Crippen MR) is 107 cm³/mol. The van der Waals surface area contributed by atoms with Gasteiger partial charge in [0.1, 0.15) is 5.82 Å². The molecule has 6 heteroatoms. The Kier molecular flexibility index (Phi) is 4.62. The van der Waals surface area contributed by atoms with Crippen molar-refractivity contribution in [2.24, 2.45) is 0 Å². The Hall–Kier alpha value is -3.38. The maximum absolute atomic E-state index is 13.2. The Bertz CT molecular complexity index is 1130. The molecular weight excluding hydrogens is 367 g/mol. The fourth-order valence-electron chi connectivity index (χ4n) is 3.67. The molecule has 29 heavy (non-hydrogen) atoms. The molecule has 1 aromatic carbocycles. The fourth-order valence-corrected chi connectivity index (χ4v) is 3.67. The highest BCUT2D eigenvalue weighted by atomic mass is 19.1. The van der Waals surface area contributed by atoms with Crippen LogP contribution in [0.2, 0.25) is 0 Å². The van der Waals surface area contributed by atoms with Crippen molar-refractivity contribution in [2.45, 2.75) is 19.5 Å². The van der Waals surface area contributed by atoms with Gasteiger partial charge in [-0.1, -0.05) is 12.1 Å². The molecule has 0 aliphatic carbocycles. The van der Waals surface area contributed by atoms with Crippen LogP contribution in [-0.4, -0.2) is 26.4 Å². The zero-order valence-electron chi connectivity index (χ0n) is 15.8. The minimum Gasteiger partial charge on any atom is -0.461 e. The minimum absolute atomic E-state index is 0.234. The lowest BCUT2D eigenvalue weighted by Gasteiger charge is -2.28. The van der Waals surface area contributed by atoms with E-state index in [4.69, 9.17) is 4.42 Å². The van der Waals surface area contributed by atoms with E-state index in [0.717, 1.165) is 54.0 Å². The molecule has 0 fully saturated rings. The summed E-state index contributed by atoms with van der Waals surface area (Å²) in [5.74, 6) is 1.10. The highest BCUT2D eigenvalue weighted by molar-refractivity contribution is 5.62. The zero-order valence-corrected chi connectivity index (χ0v) is 15.8. The van der Waals surface area contributed by atoms with Crippen LogP contribution in [0.3, 0.4) is 0 Å². The summed E-state index contributed by atoms with van der Waals surface area (Å²) in [6.45, 7) is 2.51. The summed E-state index contributed by atoms with van der Waals surface area (Å²) in [4.78, 5) is 15.9. The van der Waals surface area contributed by atoms with Crippen molar-refractivity contribution in [3.05, 3.63) is 90.0 Å². The maximum Gasteiger partial charge on any atom is 0.195 e. The number of rotatable bonds is 4. The highest BCUT2D eigenvalue weighted by Gasteiger charge is 2.19. The molecule has 0 atom stereocenters. The van der Waals surface area contributed by atoms with E-state index in [1.807, 2.05) is 30.7 Å². The number of pyridine rings is 1. The molecule has 1 aliphatic rings. The standard InChI is InChI=1S/C23H19FN4O/c24-20-5-3-17(4-6-20)18-10-16(11-25-12-18)14-28-8-7-21-19(15-28)13-26-23(27-21)22-2-1-9-29-22/h1-6,9-13H,7-8,14-15H2. The molecule has 0 spiro atoms. The fraction of sp³-hybridized carbons (Fsp3) is 0.174. The third-order valence-electron chi connectivity index (χ3n) is 5.13. The average Bonchev–Trinajstić information content (AvgIpc) is 3.29. The topological polar surface area (TPSA) is 55.1 Å². The van der Waals surface area contributed by atoms with Crippen LogP contribution in [0.4, 0.5) is 4.39 Å². The van der Waals surface area contributed by atoms with E-state index in [0.29, 0.717) is 11.6 Å². The molecule has 0 bridgehead atoms. The monoisotopic (exact) mass is 386 g/mol. The van der Waals surface area contributed by atoms with Gasteiger partial charge in [-0.2, -0.15) is 0 Å². The lowest BCUT2D eigenvalue weighted by molar-refractivity contribution is 0.242. The van der Waals surface area contributed by atoms with E-state index in [1.54, 1.807) is 18.4 Å². The van der Waals surface area contributed by atoms with Gasteiger partial charge in [0.05, 0.1) is 12.0 Å². The first-order chi connectivity index (χ1) is 14.2. The van der Waals surface area contributed by atoms with E-state index in [2.05, 4.69) is 25.9 Å². The van der Waals surface area contributed by atoms with Crippen molar-refractivity contribution in [3.63, 3.8) is 0 Å². The Labute approximate surface area is 167 Å². The van der Waals surface area contributed by atoms with E-state index in [-0.39, 0.29) is 5.82 Å². The number of fused-ring (bicyclic) bond motifs is 1.